The molecule has 0 radical (unpaired) electrons. The first kappa shape index (κ1) is 14.5. The minimum absolute atomic E-state index is 0.00208. The minimum atomic E-state index is -4.90. The lowest BCUT2D eigenvalue weighted by atomic mass is 9.90. The predicted octanol–water partition coefficient (Wildman–Crippen LogP) is 2.54. The zero-order chi connectivity index (χ0) is 14.3. The number of aromatic nitrogens is 2. The van der Waals surface area contributed by atoms with Crippen LogP contribution in [0, 0.1) is 6.92 Å². The molecule has 1 aromatic heterocycles. The molecule has 0 fully saturated rings. The summed E-state index contributed by atoms with van der Waals surface area (Å²) in [6, 6.07) is 0. The second-order valence-corrected chi connectivity index (χ2v) is 5.16. The number of alkyl halides is 3. The Morgan fingerprint density at radius 3 is 2.11 bits per heavy atom. The normalized spacial score (nSPS) is 12.7. The fourth-order valence-electron chi connectivity index (χ4n) is 1.73. The molecule has 18 heavy (non-hydrogen) atoms. The van der Waals surface area contributed by atoms with Crippen LogP contribution in [0.2, 0.25) is 0 Å². The van der Waals surface area contributed by atoms with Crippen molar-refractivity contribution < 1.29 is 18.0 Å². The standard InChI is InChI=1S/C11H16F3N3O/c1-6-7(10(2,3)4)15-16-8(6)17(5)9(18)11(12,13)14/h1-5H3,(H,15,16). The van der Waals surface area contributed by atoms with E-state index in [1.165, 1.54) is 0 Å². The number of H-pyrrole nitrogens is 1. The number of hydrogen-bond donors (Lipinski definition) is 1. The molecular weight excluding hydrogens is 247 g/mol. The molecule has 7 heteroatoms. The van der Waals surface area contributed by atoms with Crippen molar-refractivity contribution in [2.45, 2.75) is 39.3 Å². The van der Waals surface area contributed by atoms with Gasteiger partial charge in [-0.1, -0.05) is 20.8 Å². The summed E-state index contributed by atoms with van der Waals surface area (Å²) in [4.78, 5) is 11.6. The van der Waals surface area contributed by atoms with Gasteiger partial charge in [-0.15, -0.1) is 0 Å². The molecule has 0 saturated heterocycles. The summed E-state index contributed by atoms with van der Waals surface area (Å²) in [5, 5.41) is 6.49. The summed E-state index contributed by atoms with van der Waals surface area (Å²) in [5.74, 6) is -1.93. The number of halogens is 3. The third-order valence-corrected chi connectivity index (χ3v) is 2.60. The summed E-state index contributed by atoms with van der Waals surface area (Å²) in [6.45, 7) is 7.36. The van der Waals surface area contributed by atoms with Crippen LogP contribution in [-0.4, -0.2) is 29.3 Å². The molecule has 0 aliphatic carbocycles. The fraction of sp³-hybridized carbons (Fsp3) is 0.636. The summed E-state index contributed by atoms with van der Waals surface area (Å²) in [7, 11) is 1.06. The third kappa shape index (κ3) is 2.65. The maximum atomic E-state index is 12.3. The Morgan fingerprint density at radius 2 is 1.78 bits per heavy atom. The average molecular weight is 263 g/mol. The van der Waals surface area contributed by atoms with E-state index in [-0.39, 0.29) is 11.2 Å². The molecule has 0 aromatic carbocycles. The van der Waals surface area contributed by atoms with E-state index in [1.54, 1.807) is 6.92 Å². The van der Waals surface area contributed by atoms with Crippen LogP contribution in [-0.2, 0) is 10.2 Å². The van der Waals surface area contributed by atoms with Crippen LogP contribution < -0.4 is 4.90 Å². The number of hydrogen-bond acceptors (Lipinski definition) is 2. The zero-order valence-electron chi connectivity index (χ0n) is 10.9. The van der Waals surface area contributed by atoms with Crippen LogP contribution >= 0.6 is 0 Å². The monoisotopic (exact) mass is 263 g/mol. The second kappa shape index (κ2) is 4.29. The van der Waals surface area contributed by atoms with Crippen LogP contribution in [0.3, 0.4) is 0 Å². The number of carbonyl (C=O) groups is 1. The summed E-state index contributed by atoms with van der Waals surface area (Å²) in [6.07, 6.45) is -4.90. The van der Waals surface area contributed by atoms with Gasteiger partial charge >= 0.3 is 12.1 Å². The predicted molar refractivity (Wildman–Crippen MR) is 61.5 cm³/mol. The summed E-state index contributed by atoms with van der Waals surface area (Å²) in [5.41, 5.74) is 0.971. The van der Waals surface area contributed by atoms with Gasteiger partial charge in [-0.25, -0.2) is 0 Å². The van der Waals surface area contributed by atoms with E-state index in [0.29, 0.717) is 16.2 Å². The number of aromatic amines is 1. The highest BCUT2D eigenvalue weighted by molar-refractivity contribution is 5.96. The van der Waals surface area contributed by atoms with E-state index in [4.69, 9.17) is 0 Å². The molecule has 0 unspecified atom stereocenters. The SMILES string of the molecule is Cc1c(N(C)C(=O)C(F)(F)F)n[nH]c1C(C)(C)C. The lowest BCUT2D eigenvalue weighted by Crippen LogP contribution is -2.39. The van der Waals surface area contributed by atoms with Gasteiger partial charge in [-0.05, 0) is 6.92 Å². The Labute approximate surface area is 103 Å². The molecule has 102 valence electrons. The fourth-order valence-corrected chi connectivity index (χ4v) is 1.73. The Hall–Kier alpha value is -1.53. The highest BCUT2D eigenvalue weighted by Crippen LogP contribution is 2.30. The van der Waals surface area contributed by atoms with Crippen molar-refractivity contribution in [3.05, 3.63) is 11.3 Å². The van der Waals surface area contributed by atoms with E-state index >= 15 is 0 Å². The first-order valence-corrected chi connectivity index (χ1v) is 5.36. The molecule has 0 aliphatic rings. The number of anilines is 1. The molecule has 0 spiro atoms. The quantitative estimate of drug-likeness (QED) is 0.846. The number of rotatable bonds is 1. The van der Waals surface area contributed by atoms with E-state index < -0.39 is 12.1 Å². The highest BCUT2D eigenvalue weighted by atomic mass is 19.4. The average Bonchev–Trinajstić information content (AvgIpc) is 2.55. The van der Waals surface area contributed by atoms with Crippen molar-refractivity contribution in [1.29, 1.82) is 0 Å². The van der Waals surface area contributed by atoms with Crippen molar-refractivity contribution in [3.63, 3.8) is 0 Å². The van der Waals surface area contributed by atoms with Gasteiger partial charge in [-0.3, -0.25) is 14.8 Å². The van der Waals surface area contributed by atoms with Crippen LogP contribution in [0.1, 0.15) is 32.0 Å². The number of nitrogens with one attached hydrogen (secondary N) is 1. The Morgan fingerprint density at radius 1 is 1.28 bits per heavy atom. The number of amides is 1. The topological polar surface area (TPSA) is 49.0 Å². The van der Waals surface area contributed by atoms with Crippen molar-refractivity contribution in [3.8, 4) is 0 Å². The van der Waals surface area contributed by atoms with Crippen LogP contribution in [0.15, 0.2) is 0 Å². The molecular formula is C11H16F3N3O. The molecule has 1 N–H and O–H groups in total. The lowest BCUT2D eigenvalue weighted by Gasteiger charge is -2.19. The van der Waals surface area contributed by atoms with Gasteiger partial charge in [0.15, 0.2) is 5.82 Å². The van der Waals surface area contributed by atoms with E-state index in [2.05, 4.69) is 10.2 Å². The van der Waals surface area contributed by atoms with E-state index in [9.17, 15) is 18.0 Å². The Balaban J connectivity index is 3.14. The lowest BCUT2D eigenvalue weighted by molar-refractivity contribution is -0.170. The van der Waals surface area contributed by atoms with E-state index in [1.807, 2.05) is 20.8 Å². The molecule has 0 aliphatic heterocycles. The van der Waals surface area contributed by atoms with Gasteiger partial charge < -0.3 is 0 Å². The highest BCUT2D eigenvalue weighted by Gasteiger charge is 2.43. The number of nitrogens with zero attached hydrogens (tertiary/aromatic N) is 2. The summed E-state index contributed by atoms with van der Waals surface area (Å²) >= 11 is 0. The molecule has 0 saturated carbocycles. The van der Waals surface area contributed by atoms with Crippen LogP contribution in [0.5, 0.6) is 0 Å². The molecule has 0 atom stereocenters. The molecule has 1 amide bonds. The Kier molecular flexibility index (Phi) is 3.47. The maximum absolute atomic E-state index is 12.3. The van der Waals surface area contributed by atoms with Crippen LogP contribution in [0.4, 0.5) is 19.0 Å². The Bertz CT molecular complexity index is 457. The first-order chi connectivity index (χ1) is 7.96. The molecule has 0 bridgehead atoms. The van der Waals surface area contributed by atoms with Gasteiger partial charge in [0.1, 0.15) is 0 Å². The third-order valence-electron chi connectivity index (χ3n) is 2.60. The maximum Gasteiger partial charge on any atom is 0.471 e. The molecule has 1 heterocycles. The molecule has 1 aromatic rings. The minimum Gasteiger partial charge on any atom is -0.290 e. The smallest absolute Gasteiger partial charge is 0.290 e. The van der Waals surface area contributed by atoms with Crippen molar-refractivity contribution >= 4 is 11.7 Å². The van der Waals surface area contributed by atoms with Crippen molar-refractivity contribution in [1.82, 2.24) is 10.2 Å². The van der Waals surface area contributed by atoms with Gasteiger partial charge in [0, 0.05) is 23.7 Å². The van der Waals surface area contributed by atoms with Crippen molar-refractivity contribution in [2.24, 2.45) is 0 Å². The second-order valence-electron chi connectivity index (χ2n) is 5.16. The largest absolute Gasteiger partial charge is 0.471 e. The van der Waals surface area contributed by atoms with Crippen LogP contribution in [0.25, 0.3) is 0 Å². The van der Waals surface area contributed by atoms with E-state index in [0.717, 1.165) is 7.05 Å². The molecule has 4 nitrogen and oxygen atoms in total. The van der Waals surface area contributed by atoms with Gasteiger partial charge in [-0.2, -0.15) is 18.3 Å². The zero-order valence-corrected chi connectivity index (χ0v) is 10.9. The molecule has 1 rings (SSSR count). The van der Waals surface area contributed by atoms with Gasteiger partial charge in [0.05, 0.1) is 0 Å². The first-order valence-electron chi connectivity index (χ1n) is 5.36. The van der Waals surface area contributed by atoms with Gasteiger partial charge in [0.25, 0.3) is 0 Å². The van der Waals surface area contributed by atoms with Crippen molar-refractivity contribution in [2.75, 3.05) is 11.9 Å². The van der Waals surface area contributed by atoms with Gasteiger partial charge in [0.2, 0.25) is 0 Å². The number of carbonyl (C=O) groups excluding carboxylic acids is 1. The summed E-state index contributed by atoms with van der Waals surface area (Å²) < 4.78 is 37.0.